The van der Waals surface area contributed by atoms with Gasteiger partial charge in [-0.25, -0.2) is 4.57 Å². The van der Waals surface area contributed by atoms with Crippen LogP contribution in [0.25, 0.3) is 10.1 Å². The van der Waals surface area contributed by atoms with Crippen LogP contribution in [0.3, 0.4) is 0 Å². The lowest BCUT2D eigenvalue weighted by molar-refractivity contribution is 0.166. The molecule has 0 saturated carbocycles. The zero-order valence-corrected chi connectivity index (χ0v) is 12.2. The smallest absolute Gasteiger partial charge is 0.284 e. The molecule has 4 nitrogen and oxygen atoms in total. The fourth-order valence-electron chi connectivity index (χ4n) is 2.33. The molecule has 5 heteroatoms. The van der Waals surface area contributed by atoms with E-state index in [0.29, 0.717) is 5.39 Å². The number of nitrogens with zero attached hydrogens (tertiary/aromatic N) is 2. The number of benzene rings is 1. The van der Waals surface area contributed by atoms with E-state index < -0.39 is 0 Å². The molecule has 0 spiro atoms. The maximum Gasteiger partial charge on any atom is 0.311 e. The Bertz CT molecular complexity index is 686. The van der Waals surface area contributed by atoms with E-state index in [4.69, 9.17) is 0 Å². The lowest BCUT2D eigenvalue weighted by Gasteiger charge is -2.27. The molecule has 1 atom stereocenters. The zero-order chi connectivity index (χ0) is 14.0. The number of aromatic nitrogens is 1. The largest absolute Gasteiger partial charge is 0.311 e. The first kappa shape index (κ1) is 14.0. The van der Waals surface area contributed by atoms with Crippen molar-refractivity contribution in [2.75, 3.05) is 13.1 Å². The molecule has 102 valence electrons. The third-order valence-electron chi connectivity index (χ3n) is 3.44. The summed E-state index contributed by atoms with van der Waals surface area (Å²) in [6.07, 6.45) is -0.212. The van der Waals surface area contributed by atoms with Gasteiger partial charge in [-0.15, -0.1) is 0 Å². The molecular formula is C14H18N2O2S. The minimum absolute atomic E-state index is 0.192. The van der Waals surface area contributed by atoms with E-state index in [1.807, 2.05) is 39.0 Å². The van der Waals surface area contributed by atoms with Crippen LogP contribution in [-0.2, 0) is 0 Å². The van der Waals surface area contributed by atoms with Crippen molar-refractivity contribution in [1.82, 2.24) is 9.47 Å². The van der Waals surface area contributed by atoms with Crippen LogP contribution in [0.15, 0.2) is 33.9 Å². The molecule has 1 heterocycles. The lowest BCUT2D eigenvalue weighted by atomic mass is 10.3. The molecule has 0 saturated heterocycles. The summed E-state index contributed by atoms with van der Waals surface area (Å²) in [6.45, 7) is 7.57. The molecule has 1 aromatic heterocycles. The molecule has 0 fully saturated rings. The molecule has 0 bridgehead atoms. The minimum atomic E-state index is -0.212. The van der Waals surface area contributed by atoms with E-state index >= 15 is 0 Å². The van der Waals surface area contributed by atoms with Crippen LogP contribution in [-0.4, -0.2) is 22.6 Å². The summed E-state index contributed by atoms with van der Waals surface area (Å²) in [5.41, 5.74) is -0.196. The van der Waals surface area contributed by atoms with E-state index in [0.717, 1.165) is 29.1 Å². The summed E-state index contributed by atoms with van der Waals surface area (Å²) in [7, 11) is 0. The monoisotopic (exact) mass is 278 g/mol. The predicted molar refractivity (Wildman–Crippen MR) is 80.0 cm³/mol. The summed E-state index contributed by atoms with van der Waals surface area (Å²) < 4.78 is 2.11. The van der Waals surface area contributed by atoms with Gasteiger partial charge in [0.25, 0.3) is 5.56 Å². The molecule has 0 amide bonds. The van der Waals surface area contributed by atoms with Crippen LogP contribution in [0.4, 0.5) is 0 Å². The van der Waals surface area contributed by atoms with E-state index in [9.17, 15) is 9.59 Å². The Morgan fingerprint density at radius 2 is 1.84 bits per heavy atom. The van der Waals surface area contributed by atoms with E-state index in [1.54, 1.807) is 6.07 Å². The first-order valence-electron chi connectivity index (χ1n) is 6.48. The third-order valence-corrected chi connectivity index (χ3v) is 4.39. The Kier molecular flexibility index (Phi) is 4.17. The highest BCUT2D eigenvalue weighted by atomic mass is 32.1. The predicted octanol–water partition coefficient (Wildman–Crippen LogP) is 2.28. The number of hydrogen-bond donors (Lipinski definition) is 0. The standard InChI is InChI=1S/C14H18N2O2S/c1-4-15(5-2)10(3)16-13(17)11-8-6-7-9-12(11)19-14(16)18/h6-10H,4-5H2,1-3H3. The Hall–Kier alpha value is -1.46. The highest BCUT2D eigenvalue weighted by molar-refractivity contribution is 7.16. The summed E-state index contributed by atoms with van der Waals surface area (Å²) in [5.74, 6) is 0. The molecule has 0 N–H and O–H groups in total. The first-order chi connectivity index (χ1) is 9.10. The maximum atomic E-state index is 12.5. The molecule has 2 aromatic rings. The SMILES string of the molecule is CCN(CC)C(C)n1c(=O)sc2ccccc2c1=O. The van der Waals surface area contributed by atoms with E-state index in [2.05, 4.69) is 4.90 Å². The average Bonchev–Trinajstić information content (AvgIpc) is 2.40. The fourth-order valence-corrected chi connectivity index (χ4v) is 3.26. The van der Waals surface area contributed by atoms with Crippen molar-refractivity contribution in [2.45, 2.75) is 26.9 Å². The van der Waals surface area contributed by atoms with Crippen molar-refractivity contribution in [3.63, 3.8) is 0 Å². The summed E-state index contributed by atoms with van der Waals surface area (Å²) in [5, 5.41) is 0.617. The van der Waals surface area contributed by atoms with Crippen molar-refractivity contribution < 1.29 is 0 Å². The van der Waals surface area contributed by atoms with Gasteiger partial charge < -0.3 is 0 Å². The van der Waals surface area contributed by atoms with Gasteiger partial charge in [0.1, 0.15) is 0 Å². The van der Waals surface area contributed by atoms with Crippen LogP contribution in [0.1, 0.15) is 26.9 Å². The fraction of sp³-hybridized carbons (Fsp3) is 0.429. The molecule has 1 unspecified atom stereocenters. The number of fused-ring (bicyclic) bond motifs is 1. The summed E-state index contributed by atoms with van der Waals surface area (Å²) in [6, 6.07) is 7.26. The van der Waals surface area contributed by atoms with Crippen LogP contribution in [0, 0.1) is 0 Å². The molecule has 19 heavy (non-hydrogen) atoms. The number of hydrogen-bond acceptors (Lipinski definition) is 4. The van der Waals surface area contributed by atoms with Crippen molar-refractivity contribution in [3.8, 4) is 0 Å². The normalized spacial score (nSPS) is 13.1. The minimum Gasteiger partial charge on any atom is -0.284 e. The van der Waals surface area contributed by atoms with Crippen molar-refractivity contribution in [2.24, 2.45) is 0 Å². The van der Waals surface area contributed by atoms with Gasteiger partial charge in [0, 0.05) is 4.70 Å². The van der Waals surface area contributed by atoms with Crippen molar-refractivity contribution in [3.05, 3.63) is 44.3 Å². The van der Waals surface area contributed by atoms with Gasteiger partial charge in [-0.05, 0) is 32.1 Å². The molecule has 0 aliphatic heterocycles. The second kappa shape index (κ2) is 5.67. The van der Waals surface area contributed by atoms with Gasteiger partial charge >= 0.3 is 4.87 Å². The third kappa shape index (κ3) is 2.48. The van der Waals surface area contributed by atoms with Gasteiger partial charge in [-0.1, -0.05) is 37.3 Å². The van der Waals surface area contributed by atoms with Crippen LogP contribution < -0.4 is 10.4 Å². The van der Waals surface area contributed by atoms with Crippen LogP contribution in [0.2, 0.25) is 0 Å². The second-order valence-electron chi connectivity index (χ2n) is 4.39. The molecule has 0 radical (unpaired) electrons. The van der Waals surface area contributed by atoms with Gasteiger partial charge in [0.05, 0.1) is 11.6 Å². The average molecular weight is 278 g/mol. The molecule has 1 aromatic carbocycles. The topological polar surface area (TPSA) is 42.3 Å². The Balaban J connectivity index is 2.67. The van der Waals surface area contributed by atoms with Gasteiger partial charge in [0.15, 0.2) is 0 Å². The Labute approximate surface area is 115 Å². The molecule has 0 aliphatic carbocycles. The summed E-state index contributed by atoms with van der Waals surface area (Å²) >= 11 is 1.13. The Morgan fingerprint density at radius 3 is 2.47 bits per heavy atom. The lowest BCUT2D eigenvalue weighted by Crippen LogP contribution is -2.42. The molecule has 2 rings (SSSR count). The maximum absolute atomic E-state index is 12.5. The van der Waals surface area contributed by atoms with Gasteiger partial charge in [0.2, 0.25) is 0 Å². The first-order valence-corrected chi connectivity index (χ1v) is 7.30. The Morgan fingerprint density at radius 1 is 1.21 bits per heavy atom. The highest BCUT2D eigenvalue weighted by Crippen LogP contribution is 2.14. The highest BCUT2D eigenvalue weighted by Gasteiger charge is 2.17. The van der Waals surface area contributed by atoms with Crippen molar-refractivity contribution in [1.29, 1.82) is 0 Å². The van der Waals surface area contributed by atoms with E-state index in [1.165, 1.54) is 4.57 Å². The molecular weight excluding hydrogens is 260 g/mol. The van der Waals surface area contributed by atoms with E-state index in [-0.39, 0.29) is 16.6 Å². The quantitative estimate of drug-likeness (QED) is 0.861. The zero-order valence-electron chi connectivity index (χ0n) is 11.4. The second-order valence-corrected chi connectivity index (χ2v) is 5.39. The van der Waals surface area contributed by atoms with Crippen LogP contribution >= 0.6 is 11.3 Å². The molecule has 0 aliphatic rings. The van der Waals surface area contributed by atoms with Crippen molar-refractivity contribution >= 4 is 21.4 Å². The van der Waals surface area contributed by atoms with Gasteiger partial charge in [-0.3, -0.25) is 14.5 Å². The van der Waals surface area contributed by atoms with Gasteiger partial charge in [-0.2, -0.15) is 0 Å². The van der Waals surface area contributed by atoms with Crippen LogP contribution in [0.5, 0.6) is 0 Å². The summed E-state index contributed by atoms with van der Waals surface area (Å²) in [4.78, 5) is 26.6. The number of rotatable bonds is 4.